The SMILES string of the molecule is O=C(CCCn1cncn1)N1CCc2c([nH]c3ccccc23)C1C1CCCCC1. The van der Waals surface area contributed by atoms with Gasteiger partial charge < -0.3 is 9.88 Å². The highest BCUT2D eigenvalue weighted by atomic mass is 16.2. The van der Waals surface area contributed by atoms with E-state index in [0.717, 1.165) is 25.9 Å². The predicted octanol–water partition coefficient (Wildman–Crippen LogP) is 4.25. The van der Waals surface area contributed by atoms with Crippen molar-refractivity contribution in [1.82, 2.24) is 24.6 Å². The fourth-order valence-corrected chi connectivity index (χ4v) is 5.37. The van der Waals surface area contributed by atoms with Gasteiger partial charge in [-0.25, -0.2) is 4.98 Å². The lowest BCUT2D eigenvalue weighted by atomic mass is 9.79. The number of rotatable bonds is 5. The van der Waals surface area contributed by atoms with E-state index in [4.69, 9.17) is 0 Å². The molecule has 3 heterocycles. The standard InChI is InChI=1S/C23H29N5O/c29-21(11-6-13-27-16-24-15-25-27)28-14-12-19-18-9-4-5-10-20(18)26-22(19)23(28)17-7-2-1-3-8-17/h4-5,9-10,15-17,23,26H,1-3,6-8,11-14H2. The fraction of sp³-hybridized carbons (Fsp3) is 0.522. The van der Waals surface area contributed by atoms with E-state index in [-0.39, 0.29) is 11.9 Å². The molecule has 29 heavy (non-hydrogen) atoms. The number of benzene rings is 1. The fourth-order valence-electron chi connectivity index (χ4n) is 5.37. The Kier molecular flexibility index (Phi) is 5.08. The number of aromatic nitrogens is 4. The molecule has 1 aromatic carbocycles. The molecular formula is C23H29N5O. The third-order valence-electron chi connectivity index (χ3n) is 6.74. The monoisotopic (exact) mass is 391 g/mol. The van der Waals surface area contributed by atoms with Crippen LogP contribution in [0.1, 0.15) is 62.2 Å². The van der Waals surface area contributed by atoms with Gasteiger partial charge in [-0.3, -0.25) is 9.48 Å². The number of carbonyl (C=O) groups is 1. The van der Waals surface area contributed by atoms with Gasteiger partial charge in [0.25, 0.3) is 0 Å². The molecule has 1 aliphatic carbocycles. The zero-order chi connectivity index (χ0) is 19.6. The van der Waals surface area contributed by atoms with Crippen molar-refractivity contribution in [2.75, 3.05) is 6.54 Å². The molecule has 0 spiro atoms. The van der Waals surface area contributed by atoms with Gasteiger partial charge in [0.1, 0.15) is 12.7 Å². The third kappa shape index (κ3) is 3.56. The number of para-hydroxylation sites is 1. The Labute approximate surface area is 171 Å². The molecule has 0 bridgehead atoms. The molecule has 1 N–H and O–H groups in total. The molecule has 152 valence electrons. The summed E-state index contributed by atoms with van der Waals surface area (Å²) in [5.74, 6) is 0.847. The molecule has 1 aliphatic heterocycles. The Morgan fingerprint density at radius 2 is 2.03 bits per heavy atom. The van der Waals surface area contributed by atoms with Crippen LogP contribution >= 0.6 is 0 Å². The highest BCUT2D eigenvalue weighted by molar-refractivity contribution is 5.86. The maximum absolute atomic E-state index is 13.3. The number of nitrogens with zero attached hydrogens (tertiary/aromatic N) is 4. The summed E-state index contributed by atoms with van der Waals surface area (Å²) < 4.78 is 1.80. The Balaban J connectivity index is 1.40. The van der Waals surface area contributed by atoms with E-state index < -0.39 is 0 Å². The summed E-state index contributed by atoms with van der Waals surface area (Å²) in [6.07, 6.45) is 11.9. The second-order valence-electron chi connectivity index (χ2n) is 8.50. The number of hydrogen-bond donors (Lipinski definition) is 1. The molecule has 1 atom stereocenters. The minimum absolute atomic E-state index is 0.199. The van der Waals surface area contributed by atoms with Gasteiger partial charge in [-0.1, -0.05) is 37.5 Å². The first-order valence-electron chi connectivity index (χ1n) is 11.0. The first kappa shape index (κ1) is 18.4. The zero-order valence-corrected chi connectivity index (χ0v) is 16.9. The molecule has 0 radical (unpaired) electrons. The zero-order valence-electron chi connectivity index (χ0n) is 16.9. The maximum Gasteiger partial charge on any atom is 0.223 e. The average molecular weight is 392 g/mol. The molecule has 6 heteroatoms. The van der Waals surface area contributed by atoms with Crippen LogP contribution in [0.3, 0.4) is 0 Å². The smallest absolute Gasteiger partial charge is 0.223 e. The Hall–Kier alpha value is -2.63. The van der Waals surface area contributed by atoms with Gasteiger partial charge in [0, 0.05) is 36.1 Å². The van der Waals surface area contributed by atoms with Crippen LogP contribution in [0.2, 0.25) is 0 Å². The lowest BCUT2D eigenvalue weighted by molar-refractivity contribution is -0.136. The third-order valence-corrected chi connectivity index (χ3v) is 6.74. The van der Waals surface area contributed by atoms with Crippen LogP contribution in [0.15, 0.2) is 36.9 Å². The quantitative estimate of drug-likeness (QED) is 0.707. The Bertz CT molecular complexity index is 970. The summed E-state index contributed by atoms with van der Waals surface area (Å²) >= 11 is 0. The van der Waals surface area contributed by atoms with Crippen molar-refractivity contribution in [2.45, 2.75) is 64.0 Å². The van der Waals surface area contributed by atoms with Crippen LogP contribution in [0.5, 0.6) is 0 Å². The van der Waals surface area contributed by atoms with Gasteiger partial charge >= 0.3 is 0 Å². The van der Waals surface area contributed by atoms with E-state index in [1.54, 1.807) is 17.3 Å². The minimum Gasteiger partial charge on any atom is -0.356 e. The van der Waals surface area contributed by atoms with Crippen molar-refractivity contribution in [3.8, 4) is 0 Å². The van der Waals surface area contributed by atoms with Crippen LogP contribution in [-0.2, 0) is 17.8 Å². The summed E-state index contributed by atoms with van der Waals surface area (Å²) in [4.78, 5) is 23.2. The van der Waals surface area contributed by atoms with Gasteiger partial charge in [0.15, 0.2) is 0 Å². The molecule has 1 amide bonds. The van der Waals surface area contributed by atoms with E-state index in [1.807, 2.05) is 0 Å². The summed E-state index contributed by atoms with van der Waals surface area (Å²) in [7, 11) is 0. The molecule has 2 aliphatic rings. The number of fused-ring (bicyclic) bond motifs is 3. The normalized spacial score (nSPS) is 20.1. The second kappa shape index (κ2) is 8.01. The number of nitrogens with one attached hydrogen (secondary N) is 1. The van der Waals surface area contributed by atoms with Crippen LogP contribution in [0, 0.1) is 5.92 Å². The van der Waals surface area contributed by atoms with Crippen LogP contribution < -0.4 is 0 Å². The molecule has 2 aromatic heterocycles. The van der Waals surface area contributed by atoms with E-state index in [0.29, 0.717) is 12.3 Å². The maximum atomic E-state index is 13.3. The van der Waals surface area contributed by atoms with E-state index in [1.165, 1.54) is 54.3 Å². The number of H-pyrrole nitrogens is 1. The van der Waals surface area contributed by atoms with Gasteiger partial charge in [-0.05, 0) is 43.2 Å². The van der Waals surface area contributed by atoms with Crippen molar-refractivity contribution < 1.29 is 4.79 Å². The van der Waals surface area contributed by atoms with Crippen molar-refractivity contribution in [1.29, 1.82) is 0 Å². The minimum atomic E-state index is 0.199. The lowest BCUT2D eigenvalue weighted by Gasteiger charge is -2.42. The topological polar surface area (TPSA) is 66.8 Å². The second-order valence-corrected chi connectivity index (χ2v) is 8.50. The van der Waals surface area contributed by atoms with Gasteiger partial charge in [-0.15, -0.1) is 0 Å². The first-order chi connectivity index (χ1) is 14.3. The molecule has 1 unspecified atom stereocenters. The molecular weight excluding hydrogens is 362 g/mol. The van der Waals surface area contributed by atoms with Crippen molar-refractivity contribution in [3.05, 3.63) is 48.2 Å². The van der Waals surface area contributed by atoms with Gasteiger partial charge in [0.2, 0.25) is 5.91 Å². The largest absolute Gasteiger partial charge is 0.356 e. The van der Waals surface area contributed by atoms with Crippen LogP contribution in [-0.4, -0.2) is 37.1 Å². The highest BCUT2D eigenvalue weighted by Crippen LogP contribution is 2.43. The number of carbonyl (C=O) groups excluding carboxylic acids is 1. The van der Waals surface area contributed by atoms with Crippen LogP contribution in [0.25, 0.3) is 10.9 Å². The molecule has 6 nitrogen and oxygen atoms in total. The molecule has 0 saturated heterocycles. The van der Waals surface area contributed by atoms with Crippen molar-refractivity contribution in [2.24, 2.45) is 5.92 Å². The van der Waals surface area contributed by atoms with Gasteiger partial charge in [-0.2, -0.15) is 5.10 Å². The highest BCUT2D eigenvalue weighted by Gasteiger charge is 2.38. The molecule has 1 saturated carbocycles. The summed E-state index contributed by atoms with van der Waals surface area (Å²) in [5.41, 5.74) is 3.94. The Morgan fingerprint density at radius 1 is 1.17 bits per heavy atom. The van der Waals surface area contributed by atoms with E-state index in [9.17, 15) is 4.79 Å². The van der Waals surface area contributed by atoms with Crippen molar-refractivity contribution >= 4 is 16.8 Å². The lowest BCUT2D eigenvalue weighted by Crippen LogP contribution is -2.43. The number of aromatic amines is 1. The first-order valence-corrected chi connectivity index (χ1v) is 11.0. The van der Waals surface area contributed by atoms with Crippen LogP contribution in [0.4, 0.5) is 0 Å². The van der Waals surface area contributed by atoms with Gasteiger partial charge in [0.05, 0.1) is 6.04 Å². The van der Waals surface area contributed by atoms with E-state index in [2.05, 4.69) is 44.2 Å². The average Bonchev–Trinajstić information content (AvgIpc) is 3.41. The van der Waals surface area contributed by atoms with Crippen molar-refractivity contribution in [3.63, 3.8) is 0 Å². The summed E-state index contributed by atoms with van der Waals surface area (Å²) in [6, 6.07) is 8.79. The number of aryl methyl sites for hydroxylation is 1. The molecule has 3 aromatic rings. The molecule has 1 fully saturated rings. The predicted molar refractivity (Wildman–Crippen MR) is 112 cm³/mol. The summed E-state index contributed by atoms with van der Waals surface area (Å²) in [5, 5.41) is 5.48. The molecule has 5 rings (SSSR count). The number of hydrogen-bond acceptors (Lipinski definition) is 3. The van der Waals surface area contributed by atoms with E-state index >= 15 is 0 Å². The Morgan fingerprint density at radius 3 is 2.86 bits per heavy atom. The summed E-state index contributed by atoms with van der Waals surface area (Å²) in [6.45, 7) is 1.57. The number of amides is 1.